The molecule has 35 heavy (non-hydrogen) atoms. The van der Waals surface area contributed by atoms with Crippen molar-refractivity contribution in [3.8, 4) is 11.4 Å². The summed E-state index contributed by atoms with van der Waals surface area (Å²) in [4.78, 5) is 15.0. The summed E-state index contributed by atoms with van der Waals surface area (Å²) in [6.45, 7) is 6.04. The first-order valence-corrected chi connectivity index (χ1v) is 12.0. The second-order valence-corrected chi connectivity index (χ2v) is 8.99. The van der Waals surface area contributed by atoms with Crippen molar-refractivity contribution in [1.29, 1.82) is 0 Å². The van der Waals surface area contributed by atoms with Gasteiger partial charge in [-0.25, -0.2) is 4.68 Å². The highest BCUT2D eigenvalue weighted by atomic mass is 16.5. The van der Waals surface area contributed by atoms with Crippen LogP contribution >= 0.6 is 0 Å². The fourth-order valence-electron chi connectivity index (χ4n) is 4.78. The van der Waals surface area contributed by atoms with Crippen LogP contribution < -0.4 is 15.0 Å². The number of benzene rings is 2. The van der Waals surface area contributed by atoms with Gasteiger partial charge in [-0.15, -0.1) is 5.10 Å². The lowest BCUT2D eigenvalue weighted by Crippen LogP contribution is -2.40. The Balaban J connectivity index is 1.28. The van der Waals surface area contributed by atoms with Gasteiger partial charge < -0.3 is 15.0 Å². The van der Waals surface area contributed by atoms with E-state index in [4.69, 9.17) is 9.84 Å². The van der Waals surface area contributed by atoms with Crippen molar-refractivity contribution in [1.82, 2.24) is 25.3 Å². The zero-order valence-electron chi connectivity index (χ0n) is 20.4. The van der Waals surface area contributed by atoms with Crippen LogP contribution in [0.1, 0.15) is 29.8 Å². The number of anilines is 1. The molecule has 0 aliphatic carbocycles. The Morgan fingerprint density at radius 2 is 1.74 bits per heavy atom. The number of nitrogens with one attached hydrogen (secondary N) is 1. The number of nitrogens with zero attached hydrogens (tertiary/aromatic N) is 5. The summed E-state index contributed by atoms with van der Waals surface area (Å²) in [6.07, 6.45) is 1.54. The Hall–Kier alpha value is -3.94. The number of aryl methyl sites for hydroxylation is 2. The molecule has 180 valence electrons. The lowest BCUT2D eigenvalue weighted by molar-refractivity contribution is -0.125. The number of fused-ring (bicyclic) bond motifs is 1. The molecule has 0 bridgehead atoms. The summed E-state index contributed by atoms with van der Waals surface area (Å²) < 4.78 is 7.15. The van der Waals surface area contributed by atoms with Gasteiger partial charge in [0.15, 0.2) is 5.82 Å². The third-order valence-corrected chi connectivity index (χ3v) is 6.78. The van der Waals surface area contributed by atoms with Crippen LogP contribution in [0.15, 0.2) is 54.6 Å². The molecule has 0 radical (unpaired) electrons. The molecular formula is C27H30N6O2. The minimum absolute atomic E-state index is 0.0120. The molecule has 5 rings (SSSR count). The van der Waals surface area contributed by atoms with Crippen LogP contribution in [0.5, 0.6) is 5.75 Å². The summed E-state index contributed by atoms with van der Waals surface area (Å²) >= 11 is 0. The molecule has 0 spiro atoms. The number of carbonyl (C=O) groups excluding carboxylic acids is 1. The summed E-state index contributed by atoms with van der Waals surface area (Å²) in [7, 11) is 1.65. The molecule has 0 saturated carbocycles. The van der Waals surface area contributed by atoms with Gasteiger partial charge in [0, 0.05) is 25.6 Å². The molecule has 1 N–H and O–H groups in total. The fourth-order valence-corrected chi connectivity index (χ4v) is 4.78. The molecule has 8 heteroatoms. The predicted molar refractivity (Wildman–Crippen MR) is 136 cm³/mol. The average Bonchev–Trinajstić information content (AvgIpc) is 3.26. The second-order valence-electron chi connectivity index (χ2n) is 8.99. The molecule has 1 amide bonds. The minimum atomic E-state index is -0.0120. The highest BCUT2D eigenvalue weighted by molar-refractivity contribution is 5.92. The molecule has 0 atom stereocenters. The number of carbonyl (C=O) groups is 1. The standard InChI is InChI=1S/C27H30N6O2/c1-18-24-19(2)33(22-7-5-4-6-8-22)31-25(24)26(30-29-18)32-15-13-21(14-16-32)27(34)28-17-20-9-11-23(35-3)12-10-20/h4-12,21H,13-17H2,1-3H3,(H,28,34). The van der Waals surface area contributed by atoms with Crippen LogP contribution in [-0.2, 0) is 11.3 Å². The predicted octanol–water partition coefficient (Wildman–Crippen LogP) is 3.97. The van der Waals surface area contributed by atoms with E-state index in [1.807, 2.05) is 66.2 Å². The van der Waals surface area contributed by atoms with Gasteiger partial charge in [-0.2, -0.15) is 10.2 Å². The molecule has 2 aromatic carbocycles. The lowest BCUT2D eigenvalue weighted by atomic mass is 9.95. The highest BCUT2D eigenvalue weighted by Crippen LogP contribution is 2.31. The number of hydrogen-bond donors (Lipinski definition) is 1. The second kappa shape index (κ2) is 9.74. The largest absolute Gasteiger partial charge is 0.497 e. The van der Waals surface area contributed by atoms with Gasteiger partial charge in [0.2, 0.25) is 5.91 Å². The first kappa shape index (κ1) is 22.8. The van der Waals surface area contributed by atoms with Crippen LogP contribution in [0.25, 0.3) is 16.6 Å². The van der Waals surface area contributed by atoms with Gasteiger partial charge >= 0.3 is 0 Å². The van der Waals surface area contributed by atoms with Gasteiger partial charge in [0.05, 0.1) is 29.6 Å². The number of aromatic nitrogens is 4. The first-order chi connectivity index (χ1) is 17.0. The molecular weight excluding hydrogens is 440 g/mol. The van der Waals surface area contributed by atoms with Crippen LogP contribution in [0.2, 0.25) is 0 Å². The van der Waals surface area contributed by atoms with Gasteiger partial charge in [0.1, 0.15) is 11.3 Å². The number of piperidine rings is 1. The highest BCUT2D eigenvalue weighted by Gasteiger charge is 2.28. The minimum Gasteiger partial charge on any atom is -0.497 e. The Morgan fingerprint density at radius 3 is 2.43 bits per heavy atom. The quantitative estimate of drug-likeness (QED) is 0.459. The van der Waals surface area contributed by atoms with Crippen molar-refractivity contribution in [2.75, 3.05) is 25.1 Å². The van der Waals surface area contributed by atoms with Crippen molar-refractivity contribution in [3.63, 3.8) is 0 Å². The molecule has 1 aliphatic heterocycles. The number of ether oxygens (including phenoxy) is 1. The number of para-hydroxylation sites is 1. The maximum absolute atomic E-state index is 12.8. The van der Waals surface area contributed by atoms with E-state index in [2.05, 4.69) is 27.3 Å². The van der Waals surface area contributed by atoms with Crippen LogP contribution in [-0.4, -0.2) is 46.1 Å². The SMILES string of the molecule is COc1ccc(CNC(=O)C2CCN(c3nnc(C)c4c(C)n(-c5ccccc5)nc34)CC2)cc1. The maximum Gasteiger partial charge on any atom is 0.223 e. The fraction of sp³-hybridized carbons (Fsp3) is 0.333. The molecule has 1 saturated heterocycles. The van der Waals surface area contributed by atoms with Crippen molar-refractivity contribution in [2.24, 2.45) is 5.92 Å². The average molecular weight is 471 g/mol. The zero-order valence-corrected chi connectivity index (χ0v) is 20.4. The molecule has 0 unspecified atom stereocenters. The van der Waals surface area contributed by atoms with E-state index < -0.39 is 0 Å². The summed E-state index contributed by atoms with van der Waals surface area (Å²) in [5, 5.41) is 18.0. The maximum atomic E-state index is 12.8. The van der Waals surface area contributed by atoms with E-state index in [0.717, 1.165) is 71.0 Å². The van der Waals surface area contributed by atoms with Crippen molar-refractivity contribution in [3.05, 3.63) is 71.5 Å². The van der Waals surface area contributed by atoms with Crippen molar-refractivity contribution in [2.45, 2.75) is 33.2 Å². The monoisotopic (exact) mass is 470 g/mol. The number of methoxy groups -OCH3 is 1. The van der Waals surface area contributed by atoms with Gasteiger partial charge in [-0.1, -0.05) is 30.3 Å². The Kier molecular flexibility index (Phi) is 6.35. The smallest absolute Gasteiger partial charge is 0.223 e. The summed E-state index contributed by atoms with van der Waals surface area (Å²) in [5.41, 5.74) is 4.85. The van der Waals surface area contributed by atoms with Gasteiger partial charge in [-0.3, -0.25) is 4.79 Å². The number of rotatable bonds is 6. The molecule has 3 heterocycles. The molecule has 2 aromatic heterocycles. The third-order valence-electron chi connectivity index (χ3n) is 6.78. The van der Waals surface area contributed by atoms with E-state index in [1.165, 1.54) is 0 Å². The normalized spacial score (nSPS) is 14.3. The van der Waals surface area contributed by atoms with Gasteiger partial charge in [0.25, 0.3) is 0 Å². The summed E-state index contributed by atoms with van der Waals surface area (Å²) in [5.74, 6) is 1.69. The van der Waals surface area contributed by atoms with E-state index in [0.29, 0.717) is 6.54 Å². The van der Waals surface area contributed by atoms with E-state index in [9.17, 15) is 4.79 Å². The van der Waals surface area contributed by atoms with E-state index >= 15 is 0 Å². The first-order valence-electron chi connectivity index (χ1n) is 12.0. The molecule has 1 aliphatic rings. The Bertz CT molecular complexity index is 1330. The van der Waals surface area contributed by atoms with E-state index in [1.54, 1.807) is 7.11 Å². The Labute approximate surface area is 204 Å². The molecule has 8 nitrogen and oxygen atoms in total. The van der Waals surface area contributed by atoms with Crippen molar-refractivity contribution >= 4 is 22.6 Å². The Morgan fingerprint density at radius 1 is 1.03 bits per heavy atom. The third kappa shape index (κ3) is 4.56. The topological polar surface area (TPSA) is 85.2 Å². The lowest BCUT2D eigenvalue weighted by Gasteiger charge is -2.32. The zero-order chi connectivity index (χ0) is 24.4. The van der Waals surface area contributed by atoms with Gasteiger partial charge in [-0.05, 0) is 56.5 Å². The van der Waals surface area contributed by atoms with Crippen LogP contribution in [0.4, 0.5) is 5.82 Å². The number of amides is 1. The molecule has 1 fully saturated rings. The van der Waals surface area contributed by atoms with Crippen LogP contribution in [0, 0.1) is 19.8 Å². The number of hydrogen-bond acceptors (Lipinski definition) is 6. The summed E-state index contributed by atoms with van der Waals surface area (Å²) in [6, 6.07) is 17.9. The van der Waals surface area contributed by atoms with E-state index in [-0.39, 0.29) is 11.8 Å². The van der Waals surface area contributed by atoms with Crippen molar-refractivity contribution < 1.29 is 9.53 Å². The van der Waals surface area contributed by atoms with Crippen LogP contribution in [0.3, 0.4) is 0 Å². The molecule has 4 aromatic rings.